The van der Waals surface area contributed by atoms with Gasteiger partial charge in [0.25, 0.3) is 0 Å². The first-order valence-corrected chi connectivity index (χ1v) is 23.2. The Hall–Kier alpha value is -4.15. The van der Waals surface area contributed by atoms with Gasteiger partial charge in [-0.3, -0.25) is 0 Å². The Morgan fingerprint density at radius 3 is 2.24 bits per heavy atom. The number of nitrogens with zero attached hydrogens (tertiary/aromatic N) is 2. The maximum Gasteiger partial charge on any atom is 0.121 e. The van der Waals surface area contributed by atoms with Crippen LogP contribution in [0.2, 0.25) is 19.6 Å². The summed E-state index contributed by atoms with van der Waals surface area (Å²) in [4.78, 5) is 9.43. The smallest absolute Gasteiger partial charge is 0.121 e. The van der Waals surface area contributed by atoms with Crippen LogP contribution in [0.25, 0.3) is 55.6 Å². The first kappa shape index (κ1) is 39.5. The molecule has 0 aliphatic heterocycles. The first-order valence-electron chi connectivity index (χ1n) is 19.7. The zero-order valence-corrected chi connectivity index (χ0v) is 35.8. The van der Waals surface area contributed by atoms with Gasteiger partial charge in [-0.15, -0.1) is 54.1 Å². The molecule has 279 valence electrons. The van der Waals surface area contributed by atoms with Gasteiger partial charge in [-0.2, -0.15) is 0 Å². The number of fused-ring (bicyclic) bond motifs is 3. The summed E-state index contributed by atoms with van der Waals surface area (Å²) in [7, 11) is -1.36. The Labute approximate surface area is 337 Å². The molecule has 0 spiro atoms. The third-order valence-electron chi connectivity index (χ3n) is 11.1. The van der Waals surface area contributed by atoms with Crippen LogP contribution >= 0.6 is 0 Å². The summed E-state index contributed by atoms with van der Waals surface area (Å²) in [6, 6.07) is 42.5. The van der Waals surface area contributed by atoms with E-state index in [0.717, 1.165) is 68.8 Å². The van der Waals surface area contributed by atoms with Crippen molar-refractivity contribution >= 4 is 35.2 Å². The maximum atomic E-state index is 6.38. The molecule has 1 fully saturated rings. The molecule has 0 unspecified atom stereocenters. The zero-order chi connectivity index (χ0) is 36.8. The number of furan rings is 1. The zero-order valence-electron chi connectivity index (χ0n) is 32.4. The average molecular weight is 905 g/mol. The molecule has 7 aromatic rings. The van der Waals surface area contributed by atoms with E-state index >= 15 is 0 Å². The quantitative estimate of drug-likeness (QED) is 0.107. The van der Waals surface area contributed by atoms with Crippen molar-refractivity contribution < 1.29 is 24.5 Å². The standard InChI is InChI=1S/C28H24NO.C21H28NSi.Ir/c1-3-19(4-2)22-15-16-29-26(17-22)25-12-8-11-24-23-14-13-21(18-27(23)30-28(24)25)20-9-6-5-7-10-20;1-23(2,3)21-16-22-20(18-12-8-5-9-13-18)15-19(21)14-17-10-6-4-7-11-17;/h5-11,13-19H,3-4H2,1-2H3;5,8-9,12,15-17H,4,6-7,10-11,14H2,1-3H3;/q2*-1;. The normalized spacial score (nSPS) is 13.4. The third-order valence-corrected chi connectivity index (χ3v) is 13.1. The number of pyridine rings is 2. The molecular formula is C49H52IrN2OSi-2. The Morgan fingerprint density at radius 2 is 1.52 bits per heavy atom. The van der Waals surface area contributed by atoms with Gasteiger partial charge in [0.1, 0.15) is 5.58 Å². The van der Waals surface area contributed by atoms with E-state index in [1.807, 2.05) is 30.5 Å². The van der Waals surface area contributed by atoms with Gasteiger partial charge in [-0.05, 0) is 70.9 Å². The molecule has 1 aliphatic carbocycles. The van der Waals surface area contributed by atoms with Crippen LogP contribution < -0.4 is 5.19 Å². The summed E-state index contributed by atoms with van der Waals surface area (Å²) < 4.78 is 6.38. The molecule has 1 aliphatic rings. The second-order valence-corrected chi connectivity index (χ2v) is 20.8. The van der Waals surface area contributed by atoms with Crippen molar-refractivity contribution in [2.24, 2.45) is 5.92 Å². The van der Waals surface area contributed by atoms with Gasteiger partial charge in [-0.1, -0.05) is 142 Å². The molecule has 0 N–H and O–H groups in total. The molecule has 0 bridgehead atoms. The Balaban J connectivity index is 0.000000187. The number of hydrogen-bond acceptors (Lipinski definition) is 3. The van der Waals surface area contributed by atoms with Gasteiger partial charge in [0.05, 0.1) is 13.7 Å². The molecule has 5 heteroatoms. The molecule has 3 nitrogen and oxygen atoms in total. The van der Waals surface area contributed by atoms with Gasteiger partial charge in [-0.25, -0.2) is 0 Å². The van der Waals surface area contributed by atoms with Crippen LogP contribution in [-0.2, 0) is 26.5 Å². The topological polar surface area (TPSA) is 38.9 Å². The van der Waals surface area contributed by atoms with Crippen molar-refractivity contribution in [3.63, 3.8) is 0 Å². The number of benzene rings is 4. The molecule has 3 aromatic heterocycles. The number of hydrogen-bond donors (Lipinski definition) is 0. The van der Waals surface area contributed by atoms with Crippen molar-refractivity contribution in [3.8, 4) is 33.6 Å². The van der Waals surface area contributed by atoms with Crippen LogP contribution in [-0.4, -0.2) is 18.0 Å². The van der Waals surface area contributed by atoms with Crippen molar-refractivity contribution in [2.75, 3.05) is 0 Å². The largest absolute Gasteiger partial charge is 0.501 e. The van der Waals surface area contributed by atoms with E-state index < -0.39 is 8.07 Å². The fraction of sp³-hybridized carbons (Fsp3) is 0.306. The minimum Gasteiger partial charge on any atom is -0.501 e. The van der Waals surface area contributed by atoms with Crippen LogP contribution in [0, 0.1) is 18.1 Å². The number of aromatic nitrogens is 2. The second kappa shape index (κ2) is 18.0. The molecule has 1 radical (unpaired) electrons. The van der Waals surface area contributed by atoms with E-state index in [1.54, 1.807) is 10.8 Å². The minimum absolute atomic E-state index is 0. The predicted octanol–water partition coefficient (Wildman–Crippen LogP) is 13.2. The molecule has 0 amide bonds. The van der Waals surface area contributed by atoms with Crippen LogP contribution in [0.5, 0.6) is 0 Å². The Morgan fingerprint density at radius 1 is 0.741 bits per heavy atom. The van der Waals surface area contributed by atoms with Gasteiger partial charge < -0.3 is 14.4 Å². The maximum absolute atomic E-state index is 6.38. The average Bonchev–Trinajstić information content (AvgIpc) is 3.58. The minimum atomic E-state index is -1.36. The van der Waals surface area contributed by atoms with Gasteiger partial charge in [0, 0.05) is 37.9 Å². The van der Waals surface area contributed by atoms with E-state index in [2.05, 4.69) is 136 Å². The summed E-state index contributed by atoms with van der Waals surface area (Å²) in [6.45, 7) is 11.8. The number of rotatable bonds is 9. The molecule has 0 saturated heterocycles. The van der Waals surface area contributed by atoms with Crippen LogP contribution in [0.1, 0.15) is 75.8 Å². The molecule has 3 heterocycles. The molecule has 8 rings (SSSR count). The fourth-order valence-electron chi connectivity index (χ4n) is 8.08. The van der Waals surface area contributed by atoms with Gasteiger partial charge in [0.2, 0.25) is 0 Å². The van der Waals surface area contributed by atoms with Crippen LogP contribution in [0.3, 0.4) is 0 Å². The van der Waals surface area contributed by atoms with Gasteiger partial charge in [0.15, 0.2) is 0 Å². The van der Waals surface area contributed by atoms with E-state index in [-0.39, 0.29) is 20.1 Å². The van der Waals surface area contributed by atoms with E-state index in [9.17, 15) is 0 Å². The van der Waals surface area contributed by atoms with E-state index in [0.29, 0.717) is 5.92 Å². The molecule has 1 saturated carbocycles. The monoisotopic (exact) mass is 905 g/mol. The SMILES string of the molecule is CCC(CC)c1ccnc(-c2[c-]ccc3c2oc2cc(-c4ccccc4)ccc23)c1.C[Si](C)(C)c1cnc(-c2[c-]cccc2)cc1CC1CCCCC1.[Ir]. The summed E-state index contributed by atoms with van der Waals surface area (Å²) in [5, 5.41) is 3.77. The van der Waals surface area contributed by atoms with Crippen molar-refractivity contribution in [2.45, 2.75) is 90.8 Å². The van der Waals surface area contributed by atoms with Gasteiger partial charge >= 0.3 is 0 Å². The van der Waals surface area contributed by atoms with E-state index in [1.165, 1.54) is 49.7 Å². The molecule has 54 heavy (non-hydrogen) atoms. The van der Waals surface area contributed by atoms with Crippen LogP contribution in [0.4, 0.5) is 0 Å². The third kappa shape index (κ3) is 9.03. The van der Waals surface area contributed by atoms with Crippen molar-refractivity contribution in [3.05, 3.63) is 139 Å². The summed E-state index contributed by atoms with van der Waals surface area (Å²) in [6.07, 6.45) is 14.6. The summed E-state index contributed by atoms with van der Waals surface area (Å²) in [5.41, 5.74) is 11.0. The summed E-state index contributed by atoms with van der Waals surface area (Å²) >= 11 is 0. The Kier molecular flexibility index (Phi) is 13.2. The Bertz CT molecular complexity index is 2270. The second-order valence-electron chi connectivity index (χ2n) is 15.7. The fourth-order valence-corrected chi connectivity index (χ4v) is 9.67. The summed E-state index contributed by atoms with van der Waals surface area (Å²) in [5.74, 6) is 1.42. The van der Waals surface area contributed by atoms with Crippen molar-refractivity contribution in [1.82, 2.24) is 9.97 Å². The first-order chi connectivity index (χ1) is 25.8. The van der Waals surface area contributed by atoms with Crippen molar-refractivity contribution in [1.29, 1.82) is 0 Å². The molecule has 4 aromatic carbocycles. The molecule has 0 atom stereocenters. The molecular weight excluding hydrogens is 853 g/mol. The van der Waals surface area contributed by atoms with Crippen LogP contribution in [0.15, 0.2) is 120 Å². The van der Waals surface area contributed by atoms with E-state index in [4.69, 9.17) is 9.40 Å². The predicted molar refractivity (Wildman–Crippen MR) is 226 cm³/mol.